The van der Waals surface area contributed by atoms with Gasteiger partial charge in [-0.1, -0.05) is 23.2 Å². The highest BCUT2D eigenvalue weighted by molar-refractivity contribution is 6.33. The predicted octanol–water partition coefficient (Wildman–Crippen LogP) is 3.65. The lowest BCUT2D eigenvalue weighted by molar-refractivity contribution is 0.102. The minimum Gasteiger partial charge on any atom is -0.495 e. The lowest BCUT2D eigenvalue weighted by Crippen LogP contribution is -2.12. The Hall–Kier alpha value is -1.78. The number of anilines is 1. The number of rotatable bonds is 3. The molecule has 0 aliphatic heterocycles. The molecule has 0 radical (unpaired) electrons. The van der Waals surface area contributed by atoms with E-state index in [0.29, 0.717) is 22.0 Å². The third-order valence-electron chi connectivity index (χ3n) is 2.41. The Kier molecular flexibility index (Phi) is 4.24. The van der Waals surface area contributed by atoms with E-state index in [4.69, 9.17) is 27.9 Å². The van der Waals surface area contributed by atoms with Crippen LogP contribution in [0.15, 0.2) is 36.5 Å². The van der Waals surface area contributed by atoms with Crippen LogP contribution in [-0.2, 0) is 0 Å². The van der Waals surface area contributed by atoms with Crippen molar-refractivity contribution < 1.29 is 9.53 Å². The number of aromatic nitrogens is 1. The molecule has 0 fully saturated rings. The summed E-state index contributed by atoms with van der Waals surface area (Å²) in [5.41, 5.74) is 0.854. The number of benzene rings is 1. The van der Waals surface area contributed by atoms with E-state index in [1.807, 2.05) is 0 Å². The molecule has 2 aromatic rings. The van der Waals surface area contributed by atoms with E-state index in [2.05, 4.69) is 10.3 Å². The topological polar surface area (TPSA) is 51.2 Å². The van der Waals surface area contributed by atoms with E-state index in [1.165, 1.54) is 13.3 Å². The molecular weight excluding hydrogens is 287 g/mol. The van der Waals surface area contributed by atoms with Crippen molar-refractivity contribution in [3.05, 3.63) is 52.3 Å². The molecule has 0 saturated carbocycles. The van der Waals surface area contributed by atoms with Gasteiger partial charge in [0.15, 0.2) is 0 Å². The fraction of sp³-hybridized carbons (Fsp3) is 0.0769. The molecule has 0 atom stereocenters. The summed E-state index contributed by atoms with van der Waals surface area (Å²) in [5.74, 6) is 0.193. The van der Waals surface area contributed by atoms with Crippen LogP contribution in [-0.4, -0.2) is 18.0 Å². The van der Waals surface area contributed by atoms with Crippen LogP contribution in [0, 0.1) is 0 Å². The van der Waals surface area contributed by atoms with Gasteiger partial charge in [0.05, 0.1) is 17.7 Å². The summed E-state index contributed by atoms with van der Waals surface area (Å²) in [6.07, 6.45) is 1.52. The van der Waals surface area contributed by atoms with E-state index in [1.54, 1.807) is 30.3 Å². The summed E-state index contributed by atoms with van der Waals surface area (Å²) in [5, 5.41) is 3.25. The Morgan fingerprint density at radius 3 is 2.74 bits per heavy atom. The lowest BCUT2D eigenvalue weighted by atomic mass is 10.2. The quantitative estimate of drug-likeness (QED) is 0.880. The molecule has 1 amide bonds. The maximum absolute atomic E-state index is 12.0. The van der Waals surface area contributed by atoms with Gasteiger partial charge in [-0.2, -0.15) is 0 Å². The molecule has 98 valence electrons. The van der Waals surface area contributed by atoms with Crippen LogP contribution in [0.4, 0.5) is 5.69 Å². The standard InChI is InChI=1S/C13H10Cl2N2O2/c1-19-11-5-4-8(7-10(11)14)17-13(18)9-3-2-6-16-12(9)15/h2-7H,1H3,(H,17,18). The zero-order valence-corrected chi connectivity index (χ0v) is 11.5. The van der Waals surface area contributed by atoms with Gasteiger partial charge in [0.1, 0.15) is 10.9 Å². The summed E-state index contributed by atoms with van der Waals surface area (Å²) in [7, 11) is 1.52. The highest BCUT2D eigenvalue weighted by Crippen LogP contribution is 2.27. The first-order valence-electron chi connectivity index (χ1n) is 5.37. The molecule has 2 rings (SSSR count). The molecule has 6 heteroatoms. The molecular formula is C13H10Cl2N2O2. The predicted molar refractivity (Wildman–Crippen MR) is 75.2 cm³/mol. The van der Waals surface area contributed by atoms with E-state index in [-0.39, 0.29) is 11.1 Å². The maximum atomic E-state index is 12.0. The van der Waals surface area contributed by atoms with Crippen LogP contribution >= 0.6 is 23.2 Å². The molecule has 1 aromatic carbocycles. The van der Waals surface area contributed by atoms with Crippen molar-refractivity contribution in [2.75, 3.05) is 12.4 Å². The van der Waals surface area contributed by atoms with Crippen molar-refractivity contribution in [1.82, 2.24) is 4.98 Å². The van der Waals surface area contributed by atoms with Gasteiger partial charge in [-0.05, 0) is 30.3 Å². The SMILES string of the molecule is COc1ccc(NC(=O)c2cccnc2Cl)cc1Cl. The molecule has 19 heavy (non-hydrogen) atoms. The highest BCUT2D eigenvalue weighted by Gasteiger charge is 2.11. The summed E-state index contributed by atoms with van der Waals surface area (Å²) in [4.78, 5) is 15.8. The molecule has 0 aliphatic rings. The van der Waals surface area contributed by atoms with Gasteiger partial charge >= 0.3 is 0 Å². The minimum absolute atomic E-state index is 0.152. The first-order chi connectivity index (χ1) is 9.11. The van der Waals surface area contributed by atoms with Crippen molar-refractivity contribution in [3.63, 3.8) is 0 Å². The average Bonchev–Trinajstić information content (AvgIpc) is 2.39. The van der Waals surface area contributed by atoms with Crippen molar-refractivity contribution in [1.29, 1.82) is 0 Å². The number of hydrogen-bond donors (Lipinski definition) is 1. The van der Waals surface area contributed by atoms with E-state index in [0.717, 1.165) is 0 Å². The number of methoxy groups -OCH3 is 1. The second kappa shape index (κ2) is 5.91. The number of nitrogens with one attached hydrogen (secondary N) is 1. The summed E-state index contributed by atoms with van der Waals surface area (Å²) < 4.78 is 5.03. The molecule has 4 nitrogen and oxygen atoms in total. The van der Waals surface area contributed by atoms with E-state index < -0.39 is 0 Å². The van der Waals surface area contributed by atoms with Gasteiger partial charge in [0.2, 0.25) is 0 Å². The average molecular weight is 297 g/mol. The number of carbonyl (C=O) groups excluding carboxylic acids is 1. The molecule has 0 unspecified atom stereocenters. The van der Waals surface area contributed by atoms with Gasteiger partial charge in [0.25, 0.3) is 5.91 Å². The second-order valence-electron chi connectivity index (χ2n) is 3.65. The van der Waals surface area contributed by atoms with Gasteiger partial charge in [-0.3, -0.25) is 4.79 Å². The number of pyridine rings is 1. The monoisotopic (exact) mass is 296 g/mol. The molecule has 0 spiro atoms. The highest BCUT2D eigenvalue weighted by atomic mass is 35.5. The van der Waals surface area contributed by atoms with Crippen LogP contribution < -0.4 is 10.1 Å². The van der Waals surface area contributed by atoms with Crippen molar-refractivity contribution in [3.8, 4) is 5.75 Å². The zero-order chi connectivity index (χ0) is 13.8. The largest absolute Gasteiger partial charge is 0.495 e. The van der Waals surface area contributed by atoms with Crippen LogP contribution in [0.5, 0.6) is 5.75 Å². The molecule has 0 aliphatic carbocycles. The van der Waals surface area contributed by atoms with Crippen molar-refractivity contribution in [2.24, 2.45) is 0 Å². The van der Waals surface area contributed by atoms with Crippen molar-refractivity contribution in [2.45, 2.75) is 0 Å². The smallest absolute Gasteiger partial charge is 0.258 e. The lowest BCUT2D eigenvalue weighted by Gasteiger charge is -2.08. The van der Waals surface area contributed by atoms with Gasteiger partial charge < -0.3 is 10.1 Å². The first kappa shape index (κ1) is 13.6. The van der Waals surface area contributed by atoms with Gasteiger partial charge in [0, 0.05) is 11.9 Å². The second-order valence-corrected chi connectivity index (χ2v) is 4.41. The number of carbonyl (C=O) groups is 1. The summed E-state index contributed by atoms with van der Waals surface area (Å²) >= 11 is 11.8. The van der Waals surface area contributed by atoms with Crippen LogP contribution in [0.25, 0.3) is 0 Å². The Balaban J connectivity index is 2.20. The Bertz CT molecular complexity index is 617. The minimum atomic E-state index is -0.348. The molecule has 0 saturated heterocycles. The Morgan fingerprint density at radius 2 is 2.11 bits per heavy atom. The van der Waals surface area contributed by atoms with Crippen molar-refractivity contribution >= 4 is 34.8 Å². The molecule has 0 bridgehead atoms. The molecule has 1 aromatic heterocycles. The van der Waals surface area contributed by atoms with Crippen LogP contribution in [0.3, 0.4) is 0 Å². The zero-order valence-electron chi connectivity index (χ0n) is 9.98. The normalized spacial score (nSPS) is 10.1. The fourth-order valence-electron chi connectivity index (χ4n) is 1.50. The number of hydrogen-bond acceptors (Lipinski definition) is 3. The van der Waals surface area contributed by atoms with Crippen LogP contribution in [0.2, 0.25) is 10.2 Å². The van der Waals surface area contributed by atoms with Gasteiger partial charge in [-0.25, -0.2) is 4.98 Å². The summed E-state index contributed by atoms with van der Waals surface area (Å²) in [6, 6.07) is 8.19. The molecule has 1 heterocycles. The van der Waals surface area contributed by atoms with Crippen LogP contribution in [0.1, 0.15) is 10.4 Å². The first-order valence-corrected chi connectivity index (χ1v) is 6.13. The third kappa shape index (κ3) is 3.16. The third-order valence-corrected chi connectivity index (χ3v) is 3.01. The van der Waals surface area contributed by atoms with Gasteiger partial charge in [-0.15, -0.1) is 0 Å². The summed E-state index contributed by atoms with van der Waals surface area (Å²) in [6.45, 7) is 0. The Morgan fingerprint density at radius 1 is 1.32 bits per heavy atom. The van der Waals surface area contributed by atoms with E-state index in [9.17, 15) is 4.79 Å². The number of amides is 1. The van der Waals surface area contributed by atoms with E-state index >= 15 is 0 Å². The maximum Gasteiger partial charge on any atom is 0.258 e. The number of ether oxygens (including phenoxy) is 1. The molecule has 1 N–H and O–H groups in total. The number of halogens is 2. The fourth-order valence-corrected chi connectivity index (χ4v) is 1.96. The number of nitrogens with zero attached hydrogens (tertiary/aromatic N) is 1. The Labute approximate surface area is 120 Å².